The minimum Gasteiger partial charge on any atom is -0.491 e. The zero-order chi connectivity index (χ0) is 22.8. The summed E-state index contributed by atoms with van der Waals surface area (Å²) in [5, 5.41) is 21.2. The highest BCUT2D eigenvalue weighted by Gasteiger charge is 2.17. The van der Waals surface area contributed by atoms with Crippen LogP contribution in [0.25, 0.3) is 0 Å². The zero-order valence-corrected chi connectivity index (χ0v) is 18.9. The van der Waals surface area contributed by atoms with Gasteiger partial charge in [0.1, 0.15) is 36.9 Å². The van der Waals surface area contributed by atoms with Crippen molar-refractivity contribution in [3.8, 4) is 11.5 Å². The molecule has 0 bridgehead atoms. The van der Waals surface area contributed by atoms with E-state index in [0.717, 1.165) is 28.2 Å². The molecule has 0 spiro atoms. The van der Waals surface area contributed by atoms with Crippen molar-refractivity contribution in [2.45, 2.75) is 32.6 Å². The van der Waals surface area contributed by atoms with Gasteiger partial charge in [0.2, 0.25) is 0 Å². The molecule has 0 aliphatic carbocycles. The monoisotopic (exact) mass is 435 g/mol. The van der Waals surface area contributed by atoms with Gasteiger partial charge in [-0.2, -0.15) is 0 Å². The third kappa shape index (κ3) is 8.35. The van der Waals surface area contributed by atoms with Gasteiger partial charge >= 0.3 is 0 Å². The van der Waals surface area contributed by atoms with Gasteiger partial charge in [-0.1, -0.05) is 54.6 Å². The molecule has 3 aromatic rings. The molecular weight excluding hydrogens is 402 g/mol. The molecule has 0 radical (unpaired) electrons. The Hall–Kier alpha value is -2.86. The van der Waals surface area contributed by atoms with Gasteiger partial charge in [-0.05, 0) is 54.8 Å². The summed E-state index contributed by atoms with van der Waals surface area (Å²) in [5.41, 5.74) is 3.34. The highest BCUT2D eigenvalue weighted by Crippen LogP contribution is 2.15. The molecule has 3 rings (SSSR count). The number of aliphatic hydroxyl groups excluding tert-OH is 2. The molecule has 0 heterocycles. The first-order valence-electron chi connectivity index (χ1n) is 11.0. The van der Waals surface area contributed by atoms with Crippen LogP contribution in [0.15, 0.2) is 78.9 Å². The Morgan fingerprint density at radius 1 is 0.688 bits per heavy atom. The van der Waals surface area contributed by atoms with Gasteiger partial charge in [0.05, 0.1) is 0 Å². The molecule has 170 valence electrons. The Morgan fingerprint density at radius 2 is 1.19 bits per heavy atom. The van der Waals surface area contributed by atoms with Gasteiger partial charge in [-0.3, -0.25) is 4.90 Å². The van der Waals surface area contributed by atoms with E-state index in [2.05, 4.69) is 0 Å². The SMILES string of the molecule is Cc1cccc(OCC(O)CN(Cc2ccccc2)CC(O)COc2cccc(C)c2)c1. The van der Waals surface area contributed by atoms with Crippen molar-refractivity contribution in [2.24, 2.45) is 0 Å². The van der Waals surface area contributed by atoms with Crippen molar-refractivity contribution >= 4 is 0 Å². The van der Waals surface area contributed by atoms with Gasteiger partial charge < -0.3 is 19.7 Å². The van der Waals surface area contributed by atoms with Gasteiger partial charge in [0.15, 0.2) is 0 Å². The standard InChI is InChI=1S/C27H33NO4/c1-21-8-6-12-26(14-21)31-19-24(29)17-28(16-23-10-4-3-5-11-23)18-25(30)20-32-27-13-7-9-22(2)15-27/h3-15,24-25,29-30H,16-20H2,1-2H3. The molecule has 0 saturated heterocycles. The average Bonchev–Trinajstić information content (AvgIpc) is 2.77. The molecule has 0 aromatic heterocycles. The van der Waals surface area contributed by atoms with Crippen molar-refractivity contribution in [1.29, 1.82) is 0 Å². The van der Waals surface area contributed by atoms with Crippen LogP contribution in [0.5, 0.6) is 11.5 Å². The number of hydrogen-bond donors (Lipinski definition) is 2. The number of benzene rings is 3. The van der Waals surface area contributed by atoms with Crippen molar-refractivity contribution in [3.63, 3.8) is 0 Å². The molecule has 0 fully saturated rings. The summed E-state index contributed by atoms with van der Waals surface area (Å²) < 4.78 is 11.5. The molecule has 5 nitrogen and oxygen atoms in total. The van der Waals surface area contributed by atoms with E-state index in [1.165, 1.54) is 0 Å². The lowest BCUT2D eigenvalue weighted by molar-refractivity contribution is 0.0282. The van der Waals surface area contributed by atoms with E-state index in [-0.39, 0.29) is 13.2 Å². The van der Waals surface area contributed by atoms with Crippen LogP contribution < -0.4 is 9.47 Å². The van der Waals surface area contributed by atoms with E-state index in [1.807, 2.05) is 97.6 Å². The second kappa shape index (κ2) is 12.2. The van der Waals surface area contributed by atoms with E-state index in [1.54, 1.807) is 0 Å². The van der Waals surface area contributed by atoms with Gasteiger partial charge in [0.25, 0.3) is 0 Å². The fourth-order valence-corrected chi connectivity index (χ4v) is 3.54. The number of nitrogens with zero attached hydrogens (tertiary/aromatic N) is 1. The predicted octanol–water partition coefficient (Wildman–Crippen LogP) is 3.99. The molecule has 0 saturated carbocycles. The van der Waals surface area contributed by atoms with E-state index in [0.29, 0.717) is 19.6 Å². The van der Waals surface area contributed by atoms with Gasteiger partial charge in [-0.15, -0.1) is 0 Å². The van der Waals surface area contributed by atoms with Crippen LogP contribution >= 0.6 is 0 Å². The lowest BCUT2D eigenvalue weighted by atomic mass is 10.2. The van der Waals surface area contributed by atoms with Gasteiger partial charge in [-0.25, -0.2) is 0 Å². The van der Waals surface area contributed by atoms with E-state index in [9.17, 15) is 10.2 Å². The number of ether oxygens (including phenoxy) is 2. The average molecular weight is 436 g/mol. The molecule has 0 amide bonds. The van der Waals surface area contributed by atoms with Crippen LogP contribution in [0.4, 0.5) is 0 Å². The molecule has 5 heteroatoms. The molecule has 0 aliphatic rings. The van der Waals surface area contributed by atoms with Crippen molar-refractivity contribution < 1.29 is 19.7 Å². The molecule has 2 unspecified atom stereocenters. The van der Waals surface area contributed by atoms with Crippen molar-refractivity contribution in [1.82, 2.24) is 4.90 Å². The van der Waals surface area contributed by atoms with Crippen LogP contribution in [-0.2, 0) is 6.54 Å². The maximum absolute atomic E-state index is 10.6. The summed E-state index contributed by atoms with van der Waals surface area (Å²) >= 11 is 0. The number of hydrogen-bond acceptors (Lipinski definition) is 5. The molecule has 0 aliphatic heterocycles. The Morgan fingerprint density at radius 3 is 1.66 bits per heavy atom. The summed E-state index contributed by atoms with van der Waals surface area (Å²) in [6, 6.07) is 25.6. The van der Waals surface area contributed by atoms with Crippen LogP contribution in [0.3, 0.4) is 0 Å². The summed E-state index contributed by atoms with van der Waals surface area (Å²) in [6.45, 7) is 5.75. The molecular formula is C27H33NO4. The summed E-state index contributed by atoms with van der Waals surface area (Å²) in [4.78, 5) is 2.03. The maximum atomic E-state index is 10.6. The molecule has 3 aromatic carbocycles. The molecule has 32 heavy (non-hydrogen) atoms. The Kier molecular flexibility index (Phi) is 9.11. The number of aliphatic hydroxyl groups is 2. The van der Waals surface area contributed by atoms with E-state index >= 15 is 0 Å². The fourth-order valence-electron chi connectivity index (χ4n) is 3.54. The summed E-state index contributed by atoms with van der Waals surface area (Å²) in [7, 11) is 0. The first-order chi connectivity index (χ1) is 15.5. The second-order valence-electron chi connectivity index (χ2n) is 8.24. The Balaban J connectivity index is 1.55. The van der Waals surface area contributed by atoms with Gasteiger partial charge in [0, 0.05) is 19.6 Å². The van der Waals surface area contributed by atoms with E-state index < -0.39 is 12.2 Å². The predicted molar refractivity (Wildman–Crippen MR) is 127 cm³/mol. The minimum atomic E-state index is -0.691. The Labute approximate surface area is 190 Å². The molecule has 2 N–H and O–H groups in total. The minimum absolute atomic E-state index is 0.185. The lowest BCUT2D eigenvalue weighted by Gasteiger charge is -2.27. The number of rotatable bonds is 12. The topological polar surface area (TPSA) is 62.2 Å². The maximum Gasteiger partial charge on any atom is 0.119 e. The van der Waals surface area contributed by atoms with Crippen molar-refractivity contribution in [2.75, 3.05) is 26.3 Å². The fraction of sp³-hybridized carbons (Fsp3) is 0.333. The van der Waals surface area contributed by atoms with Crippen LogP contribution in [0.1, 0.15) is 16.7 Å². The lowest BCUT2D eigenvalue weighted by Crippen LogP contribution is -2.41. The largest absolute Gasteiger partial charge is 0.491 e. The third-order valence-corrected chi connectivity index (χ3v) is 5.05. The van der Waals surface area contributed by atoms with Crippen LogP contribution in [-0.4, -0.2) is 53.6 Å². The number of aryl methyl sites for hydroxylation is 2. The Bertz CT molecular complexity index is 890. The summed E-state index contributed by atoms with van der Waals surface area (Å²) in [6.07, 6.45) is -1.38. The molecule has 2 atom stereocenters. The van der Waals surface area contributed by atoms with Crippen molar-refractivity contribution in [3.05, 3.63) is 95.6 Å². The smallest absolute Gasteiger partial charge is 0.119 e. The highest BCUT2D eigenvalue weighted by atomic mass is 16.5. The quantitative estimate of drug-likeness (QED) is 0.451. The summed E-state index contributed by atoms with van der Waals surface area (Å²) in [5.74, 6) is 1.48. The van der Waals surface area contributed by atoms with Crippen LogP contribution in [0.2, 0.25) is 0 Å². The first kappa shape index (κ1) is 23.8. The normalized spacial score (nSPS) is 13.0. The van der Waals surface area contributed by atoms with E-state index in [4.69, 9.17) is 9.47 Å². The highest BCUT2D eigenvalue weighted by molar-refractivity contribution is 5.28. The zero-order valence-electron chi connectivity index (χ0n) is 18.9. The second-order valence-corrected chi connectivity index (χ2v) is 8.24. The third-order valence-electron chi connectivity index (χ3n) is 5.05. The van der Waals surface area contributed by atoms with Crippen LogP contribution in [0, 0.1) is 13.8 Å². The first-order valence-corrected chi connectivity index (χ1v) is 11.0.